The Hall–Kier alpha value is -3.99. The molecular weight excluding hydrogens is 787 g/mol. The predicted molar refractivity (Wildman–Crippen MR) is 196 cm³/mol. The fourth-order valence-corrected chi connectivity index (χ4v) is 6.85. The number of rotatable bonds is 8. The van der Waals surface area contributed by atoms with E-state index >= 15 is 0 Å². The van der Waals surface area contributed by atoms with Crippen molar-refractivity contribution in [1.29, 1.82) is 0 Å². The standard InChI is InChI=1S/C28H18NO2.C15H28O2.Ir/c1-28(2)20-15-16(11-12-17(20)27-25(28)19-8-4-6-10-22(19)31-27)26-24-18-7-3-5-9-21(18)30-23(24)13-14-29-26;1-7-14(5,8-2)12(16)11-13(17)15(6,9-3)10-4;/h3-14H,1-2H3;11,16H,7-10H2,1-6H3;/q-1;;/b;12-11-;. The van der Waals surface area contributed by atoms with E-state index in [2.05, 4.69) is 50.2 Å². The first kappa shape index (κ1) is 36.3. The largest absolute Gasteiger partial charge is 0.512 e. The van der Waals surface area contributed by atoms with Crippen molar-refractivity contribution in [3.63, 3.8) is 0 Å². The summed E-state index contributed by atoms with van der Waals surface area (Å²) >= 11 is 0. The monoisotopic (exact) mass is 833 g/mol. The van der Waals surface area contributed by atoms with Crippen LogP contribution in [0.25, 0.3) is 55.5 Å². The average molecular weight is 833 g/mol. The number of hydrogen-bond donors (Lipinski definition) is 1. The van der Waals surface area contributed by atoms with Crippen LogP contribution in [0, 0.1) is 16.9 Å². The number of allylic oxidation sites excluding steroid dienone is 2. The third-order valence-corrected chi connectivity index (χ3v) is 11.2. The fraction of sp³-hybridized carbons (Fsp3) is 0.349. The van der Waals surface area contributed by atoms with Crippen LogP contribution < -0.4 is 0 Å². The minimum absolute atomic E-state index is 0. The molecule has 1 radical (unpaired) electrons. The van der Waals surface area contributed by atoms with Gasteiger partial charge in [0.05, 0.1) is 5.76 Å². The van der Waals surface area contributed by atoms with Gasteiger partial charge >= 0.3 is 0 Å². The molecule has 0 unspecified atom stereocenters. The van der Waals surface area contributed by atoms with Gasteiger partial charge < -0.3 is 18.9 Å². The summed E-state index contributed by atoms with van der Waals surface area (Å²) in [7, 11) is 0. The van der Waals surface area contributed by atoms with E-state index in [0.717, 1.165) is 81.3 Å². The van der Waals surface area contributed by atoms with Crippen LogP contribution in [0.2, 0.25) is 0 Å². The van der Waals surface area contributed by atoms with Crippen LogP contribution in [-0.4, -0.2) is 15.9 Å². The molecule has 0 spiro atoms. The Labute approximate surface area is 303 Å². The summed E-state index contributed by atoms with van der Waals surface area (Å²) in [6.07, 6.45) is 6.56. The van der Waals surface area contributed by atoms with Crippen molar-refractivity contribution < 1.29 is 38.8 Å². The van der Waals surface area contributed by atoms with E-state index in [-0.39, 0.29) is 47.9 Å². The number of pyridine rings is 1. The Morgan fingerprint density at radius 3 is 2.04 bits per heavy atom. The number of aliphatic hydroxyl groups excluding tert-OH is 1. The summed E-state index contributed by atoms with van der Waals surface area (Å²) in [6, 6.07) is 26.3. The summed E-state index contributed by atoms with van der Waals surface area (Å²) < 4.78 is 12.3. The van der Waals surface area contributed by atoms with Gasteiger partial charge in [-0.3, -0.25) is 4.79 Å². The van der Waals surface area contributed by atoms with Crippen LogP contribution in [0.5, 0.6) is 0 Å². The quantitative estimate of drug-likeness (QED) is 0.0939. The van der Waals surface area contributed by atoms with Gasteiger partial charge in [0.2, 0.25) is 0 Å². The van der Waals surface area contributed by atoms with Gasteiger partial charge in [0.25, 0.3) is 0 Å². The summed E-state index contributed by atoms with van der Waals surface area (Å²) in [5.41, 5.74) is 7.22. The van der Waals surface area contributed by atoms with Gasteiger partial charge in [-0.2, -0.15) is 0 Å². The second-order valence-corrected chi connectivity index (χ2v) is 14.1. The van der Waals surface area contributed by atoms with Crippen LogP contribution in [0.1, 0.15) is 92.2 Å². The predicted octanol–water partition coefficient (Wildman–Crippen LogP) is 12.1. The molecule has 7 rings (SSSR count). The van der Waals surface area contributed by atoms with Crippen molar-refractivity contribution in [2.75, 3.05) is 0 Å². The molecule has 0 saturated heterocycles. The van der Waals surface area contributed by atoms with Crippen molar-refractivity contribution in [1.82, 2.24) is 4.98 Å². The van der Waals surface area contributed by atoms with Crippen LogP contribution in [0.3, 0.4) is 0 Å². The molecule has 3 heterocycles. The van der Waals surface area contributed by atoms with Crippen LogP contribution in [0.15, 0.2) is 93.6 Å². The number of benzene rings is 3. The summed E-state index contributed by atoms with van der Waals surface area (Å²) in [4.78, 5) is 16.9. The van der Waals surface area contributed by atoms with Gasteiger partial charge in [-0.15, -0.1) is 29.3 Å². The minimum atomic E-state index is -0.337. The van der Waals surface area contributed by atoms with Gasteiger partial charge in [-0.05, 0) is 49.6 Å². The minimum Gasteiger partial charge on any atom is -0.512 e. The first-order valence-corrected chi connectivity index (χ1v) is 17.2. The molecule has 1 aliphatic rings. The van der Waals surface area contributed by atoms with E-state index in [1.54, 1.807) is 0 Å². The molecule has 6 aromatic rings. The maximum absolute atomic E-state index is 12.2. The number of carbonyl (C=O) groups is 1. The molecular formula is C43H46IrNO4-. The molecule has 0 amide bonds. The maximum atomic E-state index is 12.2. The summed E-state index contributed by atoms with van der Waals surface area (Å²) in [5, 5.41) is 13.4. The van der Waals surface area contributed by atoms with E-state index in [0.29, 0.717) is 0 Å². The number of furan rings is 2. The first-order chi connectivity index (χ1) is 22.9. The number of nitrogens with zero attached hydrogens (tertiary/aromatic N) is 1. The van der Waals surface area contributed by atoms with Gasteiger partial charge in [0.15, 0.2) is 5.78 Å². The number of hydrogen-bond acceptors (Lipinski definition) is 5. The average Bonchev–Trinajstić information content (AvgIpc) is 3.76. The van der Waals surface area contributed by atoms with Crippen molar-refractivity contribution >= 4 is 38.7 Å². The number of ketones is 1. The van der Waals surface area contributed by atoms with E-state index in [1.165, 1.54) is 17.0 Å². The zero-order valence-electron chi connectivity index (χ0n) is 29.8. The molecule has 257 valence electrons. The number of aliphatic hydroxyl groups is 1. The number of carbonyl (C=O) groups excluding carboxylic acids is 1. The maximum Gasteiger partial charge on any atom is 0.164 e. The molecule has 49 heavy (non-hydrogen) atoms. The zero-order chi connectivity index (χ0) is 34.4. The van der Waals surface area contributed by atoms with Gasteiger partial charge in [0, 0.05) is 70.3 Å². The van der Waals surface area contributed by atoms with Crippen LogP contribution in [0.4, 0.5) is 0 Å². The third-order valence-electron chi connectivity index (χ3n) is 11.2. The Kier molecular flexibility index (Phi) is 10.2. The number of para-hydroxylation sites is 2. The Morgan fingerprint density at radius 2 is 1.41 bits per heavy atom. The molecule has 6 heteroatoms. The molecule has 0 aliphatic heterocycles. The first-order valence-electron chi connectivity index (χ1n) is 17.2. The van der Waals surface area contributed by atoms with E-state index < -0.39 is 0 Å². The van der Waals surface area contributed by atoms with E-state index in [1.807, 2.05) is 84.1 Å². The van der Waals surface area contributed by atoms with E-state index in [4.69, 9.17) is 13.8 Å². The molecule has 0 saturated carbocycles. The van der Waals surface area contributed by atoms with Gasteiger partial charge in [0.1, 0.15) is 22.5 Å². The second kappa shape index (κ2) is 13.7. The molecule has 5 nitrogen and oxygen atoms in total. The van der Waals surface area contributed by atoms with Crippen molar-refractivity contribution in [2.24, 2.45) is 10.8 Å². The van der Waals surface area contributed by atoms with E-state index in [9.17, 15) is 9.90 Å². The summed E-state index contributed by atoms with van der Waals surface area (Å²) in [5.74, 6) is 1.25. The molecule has 0 fully saturated rings. The topological polar surface area (TPSA) is 76.5 Å². The number of fused-ring (bicyclic) bond motifs is 8. The van der Waals surface area contributed by atoms with Gasteiger partial charge in [-0.1, -0.05) is 97.4 Å². The van der Waals surface area contributed by atoms with Crippen LogP contribution >= 0.6 is 0 Å². The summed E-state index contributed by atoms with van der Waals surface area (Å²) in [6.45, 7) is 16.6. The molecule has 0 atom stereocenters. The SMILES string of the molecule is CC1(C)c2[c-]c(-c3nccc4oc5ccccc5c34)ccc2-c2oc3ccccc3c21.CCC(C)(CC)C(=O)/C=C(\O)C(C)(CC)CC.[Ir]. The number of aromatic nitrogens is 1. The van der Waals surface area contributed by atoms with Gasteiger partial charge in [-0.25, -0.2) is 0 Å². The third kappa shape index (κ3) is 6.08. The molecule has 1 aliphatic carbocycles. The second-order valence-electron chi connectivity index (χ2n) is 14.1. The Morgan fingerprint density at radius 1 is 0.816 bits per heavy atom. The normalized spacial score (nSPS) is 13.9. The van der Waals surface area contributed by atoms with Crippen LogP contribution in [-0.2, 0) is 30.3 Å². The Balaban J connectivity index is 0.000000226. The smallest absolute Gasteiger partial charge is 0.164 e. The van der Waals surface area contributed by atoms with Crippen molar-refractivity contribution in [3.8, 4) is 22.6 Å². The zero-order valence-corrected chi connectivity index (χ0v) is 32.2. The molecule has 0 bridgehead atoms. The molecule has 3 aromatic heterocycles. The molecule has 3 aromatic carbocycles. The Bertz CT molecular complexity index is 2170. The van der Waals surface area contributed by atoms with Crippen molar-refractivity contribution in [2.45, 2.75) is 86.5 Å². The molecule has 1 N–H and O–H groups in total. The fourth-order valence-electron chi connectivity index (χ4n) is 6.85. The van der Waals surface area contributed by atoms with Crippen molar-refractivity contribution in [3.05, 3.63) is 102 Å².